The molecular formula is C19H28N2O3. The molecule has 0 bridgehead atoms. The van der Waals surface area contributed by atoms with Gasteiger partial charge < -0.3 is 15.3 Å². The van der Waals surface area contributed by atoms with Crippen molar-refractivity contribution in [2.75, 3.05) is 20.1 Å². The molecule has 0 aromatic heterocycles. The molecule has 1 aliphatic carbocycles. The third-order valence-electron chi connectivity index (χ3n) is 5.02. The van der Waals surface area contributed by atoms with E-state index in [1.54, 1.807) is 14.0 Å². The predicted octanol–water partition coefficient (Wildman–Crippen LogP) is 3.15. The molecule has 0 radical (unpaired) electrons. The summed E-state index contributed by atoms with van der Waals surface area (Å²) < 4.78 is 0. The first kappa shape index (κ1) is 18.3. The minimum Gasteiger partial charge on any atom is -0.481 e. The molecule has 1 aromatic carbocycles. The van der Waals surface area contributed by atoms with Gasteiger partial charge in [-0.3, -0.25) is 4.79 Å². The Hall–Kier alpha value is -2.04. The Morgan fingerprint density at radius 2 is 1.88 bits per heavy atom. The largest absolute Gasteiger partial charge is 0.481 e. The first-order valence-corrected chi connectivity index (χ1v) is 8.68. The van der Waals surface area contributed by atoms with Crippen molar-refractivity contribution in [1.29, 1.82) is 0 Å². The van der Waals surface area contributed by atoms with E-state index in [0.717, 1.165) is 19.3 Å². The van der Waals surface area contributed by atoms with Gasteiger partial charge in [-0.15, -0.1) is 0 Å². The maximum absolute atomic E-state index is 12.3. The molecule has 2 N–H and O–H groups in total. The van der Waals surface area contributed by atoms with Crippen molar-refractivity contribution in [2.45, 2.75) is 39.0 Å². The molecule has 2 amide bonds. The summed E-state index contributed by atoms with van der Waals surface area (Å²) in [4.78, 5) is 24.7. The van der Waals surface area contributed by atoms with E-state index in [1.807, 2.05) is 6.07 Å². The Labute approximate surface area is 144 Å². The van der Waals surface area contributed by atoms with Gasteiger partial charge in [0.05, 0.1) is 5.92 Å². The van der Waals surface area contributed by atoms with Crippen LogP contribution in [0.3, 0.4) is 0 Å². The van der Waals surface area contributed by atoms with Crippen molar-refractivity contribution >= 4 is 12.0 Å². The number of aliphatic carboxylic acids is 1. The minimum atomic E-state index is -0.883. The summed E-state index contributed by atoms with van der Waals surface area (Å²) in [5, 5.41) is 12.0. The molecule has 0 heterocycles. The second kappa shape index (κ2) is 8.18. The lowest BCUT2D eigenvalue weighted by atomic mass is 9.80. The standard InChI is InChI=1S/C19H28N2O3/c1-15(17(22)23)13-21(2)18(24)20-14-19(10-6-7-11-19)12-16-8-4-3-5-9-16/h3-5,8-9,15H,6-7,10-14H2,1-2H3,(H,20,24)(H,22,23). The summed E-state index contributed by atoms with van der Waals surface area (Å²) in [7, 11) is 1.65. The number of carbonyl (C=O) groups excluding carboxylic acids is 1. The van der Waals surface area contributed by atoms with Crippen LogP contribution >= 0.6 is 0 Å². The third-order valence-corrected chi connectivity index (χ3v) is 5.02. The summed E-state index contributed by atoms with van der Waals surface area (Å²) in [5.41, 5.74) is 1.43. The molecule has 0 saturated heterocycles. The first-order valence-electron chi connectivity index (χ1n) is 8.68. The average molecular weight is 332 g/mol. The van der Waals surface area contributed by atoms with Gasteiger partial charge in [0.25, 0.3) is 0 Å². The zero-order valence-electron chi connectivity index (χ0n) is 14.6. The highest BCUT2D eigenvalue weighted by atomic mass is 16.4. The minimum absolute atomic E-state index is 0.121. The van der Waals surface area contributed by atoms with Gasteiger partial charge in [0.1, 0.15) is 0 Å². The normalized spacial score (nSPS) is 17.2. The van der Waals surface area contributed by atoms with Crippen molar-refractivity contribution in [3.63, 3.8) is 0 Å². The van der Waals surface area contributed by atoms with E-state index >= 15 is 0 Å². The molecule has 5 nitrogen and oxygen atoms in total. The summed E-state index contributed by atoms with van der Waals surface area (Å²) >= 11 is 0. The molecule has 5 heteroatoms. The lowest BCUT2D eigenvalue weighted by molar-refractivity contribution is -0.141. The molecular weight excluding hydrogens is 304 g/mol. The number of benzene rings is 1. The van der Waals surface area contributed by atoms with Gasteiger partial charge in [-0.05, 0) is 30.2 Å². The Balaban J connectivity index is 1.91. The highest BCUT2D eigenvalue weighted by Gasteiger charge is 2.34. The Kier molecular flexibility index (Phi) is 6.23. The molecule has 1 unspecified atom stereocenters. The van der Waals surface area contributed by atoms with E-state index in [4.69, 9.17) is 5.11 Å². The van der Waals surface area contributed by atoms with E-state index in [9.17, 15) is 9.59 Å². The van der Waals surface area contributed by atoms with Crippen LogP contribution in [0.25, 0.3) is 0 Å². The van der Waals surface area contributed by atoms with Crippen LogP contribution in [-0.4, -0.2) is 42.1 Å². The second-order valence-electron chi connectivity index (χ2n) is 7.15. The topological polar surface area (TPSA) is 69.6 Å². The molecule has 1 fully saturated rings. The van der Waals surface area contributed by atoms with Gasteiger partial charge in [0, 0.05) is 20.1 Å². The molecule has 0 spiro atoms. The van der Waals surface area contributed by atoms with Gasteiger partial charge in [-0.25, -0.2) is 4.79 Å². The lowest BCUT2D eigenvalue weighted by Gasteiger charge is -2.31. The van der Waals surface area contributed by atoms with Crippen LogP contribution < -0.4 is 5.32 Å². The second-order valence-corrected chi connectivity index (χ2v) is 7.15. The Morgan fingerprint density at radius 1 is 1.25 bits per heavy atom. The van der Waals surface area contributed by atoms with Crippen molar-refractivity contribution in [3.05, 3.63) is 35.9 Å². The van der Waals surface area contributed by atoms with E-state index in [-0.39, 0.29) is 18.0 Å². The summed E-state index contributed by atoms with van der Waals surface area (Å²) in [5.74, 6) is -1.45. The zero-order valence-corrected chi connectivity index (χ0v) is 14.6. The highest BCUT2D eigenvalue weighted by Crippen LogP contribution is 2.40. The Bertz CT molecular complexity index is 553. The highest BCUT2D eigenvalue weighted by molar-refractivity contribution is 5.75. The van der Waals surface area contributed by atoms with Gasteiger partial charge in [-0.2, -0.15) is 0 Å². The van der Waals surface area contributed by atoms with Gasteiger partial charge in [0.2, 0.25) is 0 Å². The van der Waals surface area contributed by atoms with Crippen LogP contribution in [0.4, 0.5) is 4.79 Å². The van der Waals surface area contributed by atoms with Crippen LogP contribution in [0, 0.1) is 11.3 Å². The smallest absolute Gasteiger partial charge is 0.317 e. The van der Waals surface area contributed by atoms with Crippen LogP contribution in [0.5, 0.6) is 0 Å². The van der Waals surface area contributed by atoms with Crippen molar-refractivity contribution in [2.24, 2.45) is 11.3 Å². The van der Waals surface area contributed by atoms with Crippen LogP contribution in [-0.2, 0) is 11.2 Å². The summed E-state index contributed by atoms with van der Waals surface area (Å²) in [6, 6.07) is 10.2. The number of nitrogens with one attached hydrogen (secondary N) is 1. The van der Waals surface area contributed by atoms with Crippen molar-refractivity contribution < 1.29 is 14.7 Å². The average Bonchev–Trinajstić information content (AvgIpc) is 3.02. The third kappa shape index (κ3) is 4.98. The number of carboxylic acid groups (broad SMARTS) is 1. The van der Waals surface area contributed by atoms with Crippen LogP contribution in [0.2, 0.25) is 0 Å². The molecule has 1 atom stereocenters. The van der Waals surface area contributed by atoms with Gasteiger partial charge in [0.15, 0.2) is 0 Å². The van der Waals surface area contributed by atoms with E-state index < -0.39 is 11.9 Å². The fourth-order valence-electron chi connectivity index (χ4n) is 3.54. The maximum Gasteiger partial charge on any atom is 0.317 e. The number of urea groups is 1. The quantitative estimate of drug-likeness (QED) is 0.806. The molecule has 1 aliphatic rings. The molecule has 24 heavy (non-hydrogen) atoms. The number of hydrogen-bond acceptors (Lipinski definition) is 2. The number of carbonyl (C=O) groups is 2. The molecule has 1 saturated carbocycles. The number of carboxylic acids is 1. The molecule has 2 rings (SSSR count). The van der Waals surface area contributed by atoms with Crippen molar-refractivity contribution in [3.8, 4) is 0 Å². The molecule has 0 aliphatic heterocycles. The fourth-order valence-corrected chi connectivity index (χ4v) is 3.54. The van der Waals surface area contributed by atoms with Crippen molar-refractivity contribution in [1.82, 2.24) is 10.2 Å². The first-order chi connectivity index (χ1) is 11.4. The van der Waals surface area contributed by atoms with Gasteiger partial charge in [-0.1, -0.05) is 50.1 Å². The monoisotopic (exact) mass is 332 g/mol. The number of nitrogens with zero attached hydrogens (tertiary/aromatic N) is 1. The van der Waals surface area contributed by atoms with Gasteiger partial charge >= 0.3 is 12.0 Å². The van der Waals surface area contributed by atoms with E-state index in [0.29, 0.717) is 6.54 Å². The van der Waals surface area contributed by atoms with Crippen LogP contribution in [0.1, 0.15) is 38.2 Å². The zero-order chi connectivity index (χ0) is 17.6. The molecule has 132 valence electrons. The number of hydrogen-bond donors (Lipinski definition) is 2. The Morgan fingerprint density at radius 3 is 2.46 bits per heavy atom. The fraction of sp³-hybridized carbons (Fsp3) is 0.579. The molecule has 1 aromatic rings. The lowest BCUT2D eigenvalue weighted by Crippen LogP contribution is -2.45. The predicted molar refractivity (Wildman–Crippen MR) is 93.9 cm³/mol. The number of amides is 2. The van der Waals surface area contributed by atoms with E-state index in [1.165, 1.54) is 23.3 Å². The van der Waals surface area contributed by atoms with E-state index in [2.05, 4.69) is 29.6 Å². The summed E-state index contributed by atoms with van der Waals surface area (Å²) in [6.07, 6.45) is 5.63. The maximum atomic E-state index is 12.3. The SMILES string of the molecule is CC(CN(C)C(=O)NCC1(Cc2ccccc2)CCCC1)C(=O)O. The van der Waals surface area contributed by atoms with Crippen LogP contribution in [0.15, 0.2) is 30.3 Å². The summed E-state index contributed by atoms with van der Waals surface area (Å²) in [6.45, 7) is 2.47. The number of rotatable bonds is 7.